The Bertz CT molecular complexity index is 865. The van der Waals surface area contributed by atoms with Gasteiger partial charge in [-0.05, 0) is 24.3 Å². The van der Waals surface area contributed by atoms with Gasteiger partial charge in [-0.15, -0.1) is 0 Å². The largest absolute Gasteiger partial charge is 0.479 e. The third kappa shape index (κ3) is 3.16. The topological polar surface area (TPSA) is 92.2 Å². The normalized spacial score (nSPS) is 11.8. The summed E-state index contributed by atoms with van der Waals surface area (Å²) >= 11 is 0. The minimum atomic E-state index is -1.26. The monoisotopic (exact) mass is 307 g/mol. The van der Waals surface area contributed by atoms with Crippen LogP contribution in [0, 0.1) is 0 Å². The molecule has 1 unspecified atom stereocenters. The number of carbonyl (C=O) groups excluding carboxylic acids is 1. The van der Waals surface area contributed by atoms with E-state index in [1.54, 1.807) is 48.5 Å². The molecule has 1 amide bonds. The van der Waals surface area contributed by atoms with Gasteiger partial charge in [-0.2, -0.15) is 0 Å². The molecule has 3 rings (SSSR count). The summed E-state index contributed by atoms with van der Waals surface area (Å²) in [6.45, 7) is 0. The fraction of sp³-hybridized carbons (Fsp3) is 0.0588. The molecule has 1 atom stereocenters. The van der Waals surface area contributed by atoms with Crippen molar-refractivity contribution in [3.63, 3.8) is 0 Å². The van der Waals surface area contributed by atoms with Gasteiger partial charge >= 0.3 is 5.97 Å². The summed E-state index contributed by atoms with van der Waals surface area (Å²) in [7, 11) is 0. The molecule has 0 saturated heterocycles. The van der Waals surface area contributed by atoms with Gasteiger partial charge in [-0.1, -0.05) is 30.3 Å². The molecule has 1 aromatic heterocycles. The fourth-order valence-corrected chi connectivity index (χ4v) is 2.18. The Morgan fingerprint density at radius 2 is 1.61 bits per heavy atom. The molecular weight excluding hydrogens is 294 g/mol. The van der Waals surface area contributed by atoms with Crippen LogP contribution in [-0.2, 0) is 4.79 Å². The van der Waals surface area contributed by atoms with Gasteiger partial charge in [0.05, 0.1) is 22.9 Å². The predicted molar refractivity (Wildman–Crippen MR) is 83.8 cm³/mol. The molecule has 1 heterocycles. The van der Waals surface area contributed by atoms with Crippen LogP contribution in [0.2, 0.25) is 0 Å². The number of carboxylic acids is 1. The first-order valence-corrected chi connectivity index (χ1v) is 6.95. The van der Waals surface area contributed by atoms with Crippen molar-refractivity contribution in [3.05, 3.63) is 72.1 Å². The maximum Gasteiger partial charge on any atom is 0.332 e. The molecule has 2 aromatic carbocycles. The van der Waals surface area contributed by atoms with Gasteiger partial charge in [0.15, 0.2) is 6.04 Å². The van der Waals surface area contributed by atoms with Crippen LogP contribution < -0.4 is 5.32 Å². The molecule has 0 aliphatic heterocycles. The molecule has 0 aliphatic carbocycles. The molecule has 0 aliphatic rings. The van der Waals surface area contributed by atoms with E-state index in [2.05, 4.69) is 15.3 Å². The second kappa shape index (κ2) is 6.23. The molecule has 0 spiro atoms. The lowest BCUT2D eigenvalue weighted by molar-refractivity contribution is -0.139. The number of fused-ring (bicyclic) bond motifs is 1. The summed E-state index contributed by atoms with van der Waals surface area (Å²) in [6.07, 6.45) is 1.37. The molecule has 0 fully saturated rings. The predicted octanol–water partition coefficient (Wildman–Crippen LogP) is 2.19. The number of carboxylic acid groups (broad SMARTS) is 1. The van der Waals surface area contributed by atoms with Crippen LogP contribution in [0.3, 0.4) is 0 Å². The molecule has 6 heteroatoms. The summed E-state index contributed by atoms with van der Waals surface area (Å²) in [6, 6.07) is 14.3. The molecule has 114 valence electrons. The number of carbonyl (C=O) groups is 2. The SMILES string of the molecule is O=C(NC(C(=O)O)c1cnc2ccccc2n1)c1ccccc1. The maximum absolute atomic E-state index is 12.2. The first-order valence-electron chi connectivity index (χ1n) is 6.95. The molecule has 6 nitrogen and oxygen atoms in total. The summed E-state index contributed by atoms with van der Waals surface area (Å²) in [4.78, 5) is 32.2. The van der Waals surface area contributed by atoms with Gasteiger partial charge in [-0.3, -0.25) is 9.78 Å². The molecule has 3 aromatic rings. The van der Waals surface area contributed by atoms with Crippen molar-refractivity contribution in [2.24, 2.45) is 0 Å². The van der Waals surface area contributed by atoms with Crippen molar-refractivity contribution in [2.75, 3.05) is 0 Å². The number of hydrogen-bond donors (Lipinski definition) is 2. The number of nitrogens with zero attached hydrogens (tertiary/aromatic N) is 2. The lowest BCUT2D eigenvalue weighted by Gasteiger charge is -2.14. The molecule has 0 radical (unpaired) electrons. The number of hydrogen-bond acceptors (Lipinski definition) is 4. The summed E-state index contributed by atoms with van der Waals surface area (Å²) in [5.74, 6) is -1.67. The third-order valence-corrected chi connectivity index (χ3v) is 3.32. The van der Waals surface area contributed by atoms with E-state index in [4.69, 9.17) is 0 Å². The second-order valence-electron chi connectivity index (χ2n) is 4.89. The van der Waals surface area contributed by atoms with Gasteiger partial charge in [0.1, 0.15) is 0 Å². The van der Waals surface area contributed by atoms with E-state index < -0.39 is 17.9 Å². The lowest BCUT2D eigenvalue weighted by Crippen LogP contribution is -2.34. The first-order chi connectivity index (χ1) is 11.1. The zero-order valence-electron chi connectivity index (χ0n) is 12.0. The highest BCUT2D eigenvalue weighted by Gasteiger charge is 2.24. The van der Waals surface area contributed by atoms with E-state index in [9.17, 15) is 14.7 Å². The second-order valence-corrected chi connectivity index (χ2v) is 4.89. The van der Waals surface area contributed by atoms with Crippen molar-refractivity contribution in [3.8, 4) is 0 Å². The van der Waals surface area contributed by atoms with Gasteiger partial charge in [0.25, 0.3) is 5.91 Å². The number of nitrogens with one attached hydrogen (secondary N) is 1. The fourth-order valence-electron chi connectivity index (χ4n) is 2.18. The number of aromatic nitrogens is 2. The highest BCUT2D eigenvalue weighted by atomic mass is 16.4. The molecular formula is C17H13N3O3. The summed E-state index contributed by atoms with van der Waals surface area (Å²) < 4.78 is 0. The van der Waals surface area contributed by atoms with Gasteiger partial charge in [-0.25, -0.2) is 9.78 Å². The Kier molecular flexibility index (Phi) is 3.97. The zero-order valence-corrected chi connectivity index (χ0v) is 12.0. The number of para-hydroxylation sites is 2. The molecule has 23 heavy (non-hydrogen) atoms. The smallest absolute Gasteiger partial charge is 0.332 e. The lowest BCUT2D eigenvalue weighted by atomic mass is 10.1. The minimum Gasteiger partial charge on any atom is -0.479 e. The number of benzene rings is 2. The van der Waals surface area contributed by atoms with E-state index in [1.807, 2.05) is 6.07 Å². The van der Waals surface area contributed by atoms with Crippen LogP contribution in [0.25, 0.3) is 11.0 Å². The maximum atomic E-state index is 12.2. The quantitative estimate of drug-likeness (QED) is 0.771. The van der Waals surface area contributed by atoms with Crippen molar-refractivity contribution < 1.29 is 14.7 Å². The van der Waals surface area contributed by atoms with Crippen LogP contribution in [0.15, 0.2) is 60.8 Å². The Morgan fingerprint density at radius 1 is 0.957 bits per heavy atom. The Morgan fingerprint density at radius 3 is 2.30 bits per heavy atom. The van der Waals surface area contributed by atoms with Gasteiger partial charge in [0, 0.05) is 5.56 Å². The third-order valence-electron chi connectivity index (χ3n) is 3.32. The van der Waals surface area contributed by atoms with Crippen LogP contribution in [-0.4, -0.2) is 27.0 Å². The average Bonchev–Trinajstić information content (AvgIpc) is 2.59. The van der Waals surface area contributed by atoms with Gasteiger partial charge in [0.2, 0.25) is 0 Å². The average molecular weight is 307 g/mol. The molecule has 0 saturated carbocycles. The van der Waals surface area contributed by atoms with E-state index in [0.29, 0.717) is 16.6 Å². The van der Waals surface area contributed by atoms with Crippen molar-refractivity contribution in [1.82, 2.24) is 15.3 Å². The highest BCUT2D eigenvalue weighted by molar-refractivity contribution is 5.96. The standard InChI is InChI=1S/C17H13N3O3/c21-16(11-6-2-1-3-7-11)20-15(17(22)23)14-10-18-12-8-4-5-9-13(12)19-14/h1-10,15H,(H,20,21)(H,22,23). The van der Waals surface area contributed by atoms with Crippen LogP contribution in [0.4, 0.5) is 0 Å². The number of aliphatic carboxylic acids is 1. The van der Waals surface area contributed by atoms with Crippen LogP contribution in [0.5, 0.6) is 0 Å². The van der Waals surface area contributed by atoms with E-state index in [-0.39, 0.29) is 5.69 Å². The van der Waals surface area contributed by atoms with Crippen molar-refractivity contribution in [2.45, 2.75) is 6.04 Å². The van der Waals surface area contributed by atoms with Gasteiger partial charge < -0.3 is 10.4 Å². The Labute approximate surface area is 131 Å². The van der Waals surface area contributed by atoms with E-state index >= 15 is 0 Å². The molecule has 2 N–H and O–H groups in total. The zero-order chi connectivity index (χ0) is 16.2. The Balaban J connectivity index is 1.91. The van der Waals surface area contributed by atoms with E-state index in [0.717, 1.165) is 0 Å². The van der Waals surface area contributed by atoms with E-state index in [1.165, 1.54) is 6.20 Å². The van der Waals surface area contributed by atoms with Crippen molar-refractivity contribution in [1.29, 1.82) is 0 Å². The minimum absolute atomic E-state index is 0.181. The Hall–Kier alpha value is -3.28. The van der Waals surface area contributed by atoms with Crippen molar-refractivity contribution >= 4 is 22.9 Å². The summed E-state index contributed by atoms with van der Waals surface area (Å²) in [5, 5.41) is 11.9. The number of amides is 1. The first kappa shape index (κ1) is 14.6. The highest BCUT2D eigenvalue weighted by Crippen LogP contribution is 2.15. The number of rotatable bonds is 4. The van der Waals surface area contributed by atoms with Crippen LogP contribution >= 0.6 is 0 Å². The van der Waals surface area contributed by atoms with Crippen LogP contribution in [0.1, 0.15) is 22.1 Å². The molecule has 0 bridgehead atoms. The summed E-state index contributed by atoms with van der Waals surface area (Å²) in [5.41, 5.74) is 1.80.